The Morgan fingerprint density at radius 1 is 1.53 bits per heavy atom. The summed E-state index contributed by atoms with van der Waals surface area (Å²) in [5, 5.41) is 5.92. The van der Waals surface area contributed by atoms with Crippen molar-refractivity contribution < 1.29 is 4.52 Å². The molecule has 6 heteroatoms. The van der Waals surface area contributed by atoms with Gasteiger partial charge >= 0.3 is 0 Å². The van der Waals surface area contributed by atoms with Gasteiger partial charge in [-0.05, 0) is 25.5 Å². The van der Waals surface area contributed by atoms with Crippen LogP contribution in [-0.2, 0) is 6.42 Å². The Morgan fingerprint density at radius 3 is 3.00 bits per heavy atom. The average molecular weight is 252 g/mol. The smallest absolute Gasteiger partial charge is 0.248 e. The molecule has 0 aliphatic carbocycles. The Bertz CT molecular complexity index is 452. The number of aromatic nitrogens is 2. The number of hydrogen-bond donors (Lipinski definition) is 1. The normalized spacial score (nSPS) is 13.2. The fourth-order valence-electron chi connectivity index (χ4n) is 1.41. The molecule has 17 heavy (non-hydrogen) atoms. The first kappa shape index (κ1) is 12.2. The molecule has 0 bridgehead atoms. The molecule has 5 nitrogen and oxygen atoms in total. The zero-order valence-corrected chi connectivity index (χ0v) is 10.8. The molecule has 0 amide bonds. The molecule has 0 spiro atoms. The minimum absolute atomic E-state index is 0.310. The molecule has 92 valence electrons. The molecule has 0 saturated carbocycles. The van der Waals surface area contributed by atoms with E-state index >= 15 is 0 Å². The molecule has 2 heterocycles. The lowest BCUT2D eigenvalue weighted by atomic mass is 10.2. The van der Waals surface area contributed by atoms with E-state index in [1.807, 2.05) is 31.6 Å². The van der Waals surface area contributed by atoms with Crippen LogP contribution in [0.3, 0.4) is 0 Å². The molecule has 0 aliphatic heterocycles. The first-order valence-electron chi connectivity index (χ1n) is 5.43. The van der Waals surface area contributed by atoms with Crippen molar-refractivity contribution in [3.8, 4) is 0 Å². The van der Waals surface area contributed by atoms with Gasteiger partial charge in [-0.25, -0.2) is 0 Å². The summed E-state index contributed by atoms with van der Waals surface area (Å²) in [7, 11) is 4.02. The fraction of sp³-hybridized carbons (Fsp3) is 0.455. The summed E-state index contributed by atoms with van der Waals surface area (Å²) in [5.74, 6) is 1.20. The largest absolute Gasteiger partial charge is 0.337 e. The van der Waals surface area contributed by atoms with Crippen molar-refractivity contribution in [1.82, 2.24) is 15.0 Å². The van der Waals surface area contributed by atoms with E-state index in [-0.39, 0.29) is 6.04 Å². The molecule has 0 aliphatic rings. The van der Waals surface area contributed by atoms with E-state index in [1.165, 1.54) is 0 Å². The van der Waals surface area contributed by atoms with Crippen LogP contribution in [0.25, 0.3) is 0 Å². The van der Waals surface area contributed by atoms with E-state index in [9.17, 15) is 0 Å². The third-order valence-corrected chi connectivity index (χ3v) is 3.34. The van der Waals surface area contributed by atoms with Crippen molar-refractivity contribution in [3.63, 3.8) is 0 Å². The van der Waals surface area contributed by atoms with Crippen LogP contribution < -0.4 is 5.73 Å². The number of nitrogens with zero attached hydrogens (tertiary/aromatic N) is 3. The van der Waals surface area contributed by atoms with Gasteiger partial charge in [0.2, 0.25) is 5.89 Å². The van der Waals surface area contributed by atoms with Gasteiger partial charge in [0.1, 0.15) is 6.04 Å². The van der Waals surface area contributed by atoms with Crippen LogP contribution in [0.5, 0.6) is 0 Å². The quantitative estimate of drug-likeness (QED) is 0.868. The van der Waals surface area contributed by atoms with Gasteiger partial charge < -0.3 is 15.2 Å². The highest BCUT2D eigenvalue weighted by atomic mass is 32.1. The van der Waals surface area contributed by atoms with E-state index in [1.54, 1.807) is 11.3 Å². The standard InChI is InChI=1S/C11H16N4OS/c1-15(2)6-5-9-13-11(16-14-9)10(12)8-4-3-7-17-8/h3-4,7,10H,5-6,12H2,1-2H3. The summed E-state index contributed by atoms with van der Waals surface area (Å²) >= 11 is 1.59. The minimum atomic E-state index is -0.310. The topological polar surface area (TPSA) is 68.2 Å². The molecule has 2 aromatic rings. The van der Waals surface area contributed by atoms with Crippen molar-refractivity contribution in [1.29, 1.82) is 0 Å². The number of hydrogen-bond acceptors (Lipinski definition) is 6. The number of rotatable bonds is 5. The molecular formula is C11H16N4OS. The fourth-order valence-corrected chi connectivity index (χ4v) is 2.13. The predicted octanol–water partition coefficient (Wildman–Crippen LogP) is 1.28. The van der Waals surface area contributed by atoms with Crippen LogP contribution in [0.1, 0.15) is 22.6 Å². The third kappa shape index (κ3) is 3.12. The summed E-state index contributed by atoms with van der Waals surface area (Å²) in [6, 6.07) is 3.62. The molecule has 2 aromatic heterocycles. The summed E-state index contributed by atoms with van der Waals surface area (Å²) in [6.07, 6.45) is 0.771. The molecular weight excluding hydrogens is 236 g/mol. The maximum atomic E-state index is 6.03. The first-order valence-corrected chi connectivity index (χ1v) is 6.31. The second-order valence-electron chi connectivity index (χ2n) is 4.10. The molecule has 0 saturated heterocycles. The Morgan fingerprint density at radius 2 is 2.35 bits per heavy atom. The van der Waals surface area contributed by atoms with Crippen molar-refractivity contribution in [2.75, 3.05) is 20.6 Å². The van der Waals surface area contributed by atoms with Crippen LogP contribution in [0, 0.1) is 0 Å². The van der Waals surface area contributed by atoms with Gasteiger partial charge in [0, 0.05) is 17.8 Å². The van der Waals surface area contributed by atoms with E-state index < -0.39 is 0 Å². The van der Waals surface area contributed by atoms with Crippen molar-refractivity contribution in [3.05, 3.63) is 34.1 Å². The lowest BCUT2D eigenvalue weighted by Crippen LogP contribution is -2.16. The van der Waals surface area contributed by atoms with Crippen molar-refractivity contribution in [2.24, 2.45) is 5.73 Å². The van der Waals surface area contributed by atoms with Gasteiger partial charge in [0.25, 0.3) is 0 Å². The van der Waals surface area contributed by atoms with Gasteiger partial charge in [0.15, 0.2) is 5.82 Å². The first-order chi connectivity index (χ1) is 8.16. The van der Waals surface area contributed by atoms with E-state index in [0.717, 1.165) is 17.8 Å². The summed E-state index contributed by atoms with van der Waals surface area (Å²) in [4.78, 5) is 7.43. The molecule has 0 radical (unpaired) electrons. The zero-order valence-electron chi connectivity index (χ0n) is 9.96. The Labute approximate surface area is 104 Å². The molecule has 0 aromatic carbocycles. The molecule has 2 rings (SSSR count). The van der Waals surface area contributed by atoms with Crippen molar-refractivity contribution >= 4 is 11.3 Å². The lowest BCUT2D eigenvalue weighted by Gasteiger charge is -2.05. The van der Waals surface area contributed by atoms with Gasteiger partial charge in [-0.3, -0.25) is 0 Å². The van der Waals surface area contributed by atoms with Crippen LogP contribution in [-0.4, -0.2) is 35.7 Å². The van der Waals surface area contributed by atoms with Gasteiger partial charge in [-0.15, -0.1) is 11.3 Å². The molecule has 1 atom stereocenters. The Hall–Kier alpha value is -1.24. The van der Waals surface area contributed by atoms with Crippen LogP contribution in [0.2, 0.25) is 0 Å². The second-order valence-corrected chi connectivity index (χ2v) is 5.07. The van der Waals surface area contributed by atoms with Gasteiger partial charge in [-0.2, -0.15) is 4.98 Å². The van der Waals surface area contributed by atoms with Crippen LogP contribution in [0.4, 0.5) is 0 Å². The number of thiophene rings is 1. The third-order valence-electron chi connectivity index (χ3n) is 2.38. The maximum absolute atomic E-state index is 6.03. The molecule has 0 fully saturated rings. The average Bonchev–Trinajstić information content (AvgIpc) is 2.97. The van der Waals surface area contributed by atoms with E-state index in [0.29, 0.717) is 11.7 Å². The highest BCUT2D eigenvalue weighted by Gasteiger charge is 2.17. The summed E-state index contributed by atoms with van der Waals surface area (Å²) in [5.41, 5.74) is 6.03. The minimum Gasteiger partial charge on any atom is -0.337 e. The second kappa shape index (κ2) is 5.39. The van der Waals surface area contributed by atoms with Gasteiger partial charge in [-0.1, -0.05) is 11.2 Å². The van der Waals surface area contributed by atoms with Crippen molar-refractivity contribution in [2.45, 2.75) is 12.5 Å². The zero-order chi connectivity index (χ0) is 12.3. The molecule has 2 N–H and O–H groups in total. The lowest BCUT2D eigenvalue weighted by molar-refractivity contribution is 0.358. The predicted molar refractivity (Wildman–Crippen MR) is 66.9 cm³/mol. The van der Waals surface area contributed by atoms with E-state index in [2.05, 4.69) is 15.0 Å². The monoisotopic (exact) mass is 252 g/mol. The van der Waals surface area contributed by atoms with E-state index in [4.69, 9.17) is 10.3 Å². The SMILES string of the molecule is CN(C)CCc1noc(C(N)c2cccs2)n1. The Kier molecular flexibility index (Phi) is 3.88. The summed E-state index contributed by atoms with van der Waals surface area (Å²) in [6.45, 7) is 0.896. The maximum Gasteiger partial charge on any atom is 0.248 e. The number of likely N-dealkylation sites (N-methyl/N-ethyl adjacent to an activating group) is 1. The summed E-state index contributed by atoms with van der Waals surface area (Å²) < 4.78 is 5.18. The molecule has 1 unspecified atom stereocenters. The van der Waals surface area contributed by atoms with Crippen LogP contribution in [0.15, 0.2) is 22.0 Å². The van der Waals surface area contributed by atoms with Crippen LogP contribution >= 0.6 is 11.3 Å². The Balaban J connectivity index is 2.03. The van der Waals surface area contributed by atoms with Gasteiger partial charge in [0.05, 0.1) is 0 Å². The highest BCUT2D eigenvalue weighted by Crippen LogP contribution is 2.22. The highest BCUT2D eigenvalue weighted by molar-refractivity contribution is 7.10. The number of nitrogens with two attached hydrogens (primary N) is 1.